The molecule has 2 aromatic rings. The number of aryl methyl sites for hydroxylation is 1. The summed E-state index contributed by atoms with van der Waals surface area (Å²) in [6.07, 6.45) is 3.99. The molecule has 3 aliphatic carbocycles. The maximum Gasteiger partial charge on any atom is 0.238 e. The third kappa shape index (κ3) is 4.07. The number of halogens is 1. The Morgan fingerprint density at radius 3 is 2.45 bits per heavy atom. The summed E-state index contributed by atoms with van der Waals surface area (Å²) in [7, 11) is 0. The van der Waals surface area contributed by atoms with E-state index in [4.69, 9.17) is 21.4 Å². The number of nitrogens with zero attached hydrogens (tertiary/aromatic N) is 1. The molecule has 4 aliphatic rings. The highest BCUT2D eigenvalue weighted by Gasteiger charge is 2.56. The van der Waals surface area contributed by atoms with Crippen LogP contribution in [0.3, 0.4) is 0 Å². The first kappa shape index (κ1) is 26.4. The van der Waals surface area contributed by atoms with E-state index in [0.717, 1.165) is 16.7 Å². The lowest BCUT2D eigenvalue weighted by Gasteiger charge is -2.42. The van der Waals surface area contributed by atoms with E-state index < -0.39 is 23.7 Å². The number of amides is 2. The Morgan fingerprint density at radius 2 is 1.75 bits per heavy atom. The Balaban J connectivity index is 1.43. The smallest absolute Gasteiger partial charge is 0.238 e. The van der Waals surface area contributed by atoms with Gasteiger partial charge >= 0.3 is 0 Å². The van der Waals surface area contributed by atoms with Crippen LogP contribution in [0.1, 0.15) is 36.8 Å². The van der Waals surface area contributed by atoms with E-state index in [1.165, 1.54) is 11.0 Å². The van der Waals surface area contributed by atoms with Gasteiger partial charge in [-0.25, -0.2) is 4.90 Å². The Hall–Kier alpha value is -3.81. The molecule has 40 heavy (non-hydrogen) atoms. The zero-order valence-electron chi connectivity index (χ0n) is 22.1. The van der Waals surface area contributed by atoms with E-state index in [-0.39, 0.29) is 43.0 Å². The van der Waals surface area contributed by atoms with Crippen LogP contribution in [0.4, 0.5) is 5.69 Å². The quantitative estimate of drug-likeness (QED) is 0.326. The zero-order valence-corrected chi connectivity index (χ0v) is 22.9. The molecule has 0 radical (unpaired) electrons. The second kappa shape index (κ2) is 9.98. The lowest BCUT2D eigenvalue weighted by molar-refractivity contribution is -0.123. The average molecular weight is 558 g/mol. The van der Waals surface area contributed by atoms with Gasteiger partial charge in [0, 0.05) is 27.7 Å². The van der Waals surface area contributed by atoms with Crippen LogP contribution in [0.2, 0.25) is 5.02 Å². The number of rotatable bonds is 5. The van der Waals surface area contributed by atoms with Crippen molar-refractivity contribution in [2.24, 2.45) is 17.8 Å². The summed E-state index contributed by atoms with van der Waals surface area (Å²) in [5.41, 5.74) is 4.22. The van der Waals surface area contributed by atoms with Gasteiger partial charge in [0.15, 0.2) is 11.6 Å². The molecule has 1 aliphatic heterocycles. The van der Waals surface area contributed by atoms with Gasteiger partial charge in [-0.1, -0.05) is 41.4 Å². The third-order valence-corrected chi connectivity index (χ3v) is 8.96. The van der Waals surface area contributed by atoms with Crippen LogP contribution >= 0.6 is 11.6 Å². The van der Waals surface area contributed by atoms with E-state index in [0.29, 0.717) is 39.6 Å². The van der Waals surface area contributed by atoms with Crippen LogP contribution < -0.4 is 9.64 Å². The van der Waals surface area contributed by atoms with Crippen molar-refractivity contribution in [1.82, 2.24) is 0 Å². The summed E-state index contributed by atoms with van der Waals surface area (Å²) < 4.78 is 5.51. The normalized spacial score (nSPS) is 25.9. The molecule has 0 bridgehead atoms. The van der Waals surface area contributed by atoms with E-state index in [2.05, 4.69) is 0 Å². The number of carbonyl (C=O) groups excluding carboxylic acids is 4. The van der Waals surface area contributed by atoms with E-state index in [1.807, 2.05) is 25.1 Å². The molecule has 8 heteroatoms. The molecule has 4 atom stereocenters. The van der Waals surface area contributed by atoms with Gasteiger partial charge in [0.05, 0.1) is 24.1 Å². The van der Waals surface area contributed by atoms with Crippen LogP contribution in [0, 0.1) is 24.7 Å². The Bertz CT molecular complexity index is 1570. The van der Waals surface area contributed by atoms with E-state index >= 15 is 0 Å². The number of ether oxygens (including phenoxy) is 1. The molecular formula is C32H28ClNO6. The van der Waals surface area contributed by atoms with Crippen LogP contribution in [0.15, 0.2) is 76.9 Å². The zero-order chi connectivity index (χ0) is 28.3. The van der Waals surface area contributed by atoms with Crippen molar-refractivity contribution in [2.75, 3.05) is 18.1 Å². The number of aliphatic hydroxyl groups is 1. The van der Waals surface area contributed by atoms with Crippen molar-refractivity contribution in [2.45, 2.75) is 32.6 Å². The lowest BCUT2D eigenvalue weighted by Crippen LogP contribution is -2.39. The summed E-state index contributed by atoms with van der Waals surface area (Å²) in [4.78, 5) is 55.6. The fraction of sp³-hybridized carbons (Fsp3) is 0.312. The van der Waals surface area contributed by atoms with Crippen molar-refractivity contribution in [3.05, 3.63) is 93.1 Å². The summed E-state index contributed by atoms with van der Waals surface area (Å²) in [5.74, 6) is -2.52. The first-order chi connectivity index (χ1) is 19.2. The number of imide groups is 1. The SMILES string of the molecule is CC1=CC(=O)C2=C(CC3C(=CCC4C(=O)N(c5ccc(C)c(Cl)c5)C(=O)C43)C2c2ccc(OCCO)cc2)C1=O. The van der Waals surface area contributed by atoms with Gasteiger partial charge in [-0.3, -0.25) is 19.2 Å². The van der Waals surface area contributed by atoms with Crippen molar-refractivity contribution in [1.29, 1.82) is 0 Å². The Labute approximate surface area is 236 Å². The molecule has 1 saturated heterocycles. The largest absolute Gasteiger partial charge is 0.491 e. The highest BCUT2D eigenvalue weighted by atomic mass is 35.5. The van der Waals surface area contributed by atoms with Gasteiger partial charge in [0.1, 0.15) is 12.4 Å². The number of hydrogen-bond acceptors (Lipinski definition) is 6. The van der Waals surface area contributed by atoms with Crippen molar-refractivity contribution >= 4 is 40.7 Å². The minimum Gasteiger partial charge on any atom is -0.491 e. The molecule has 1 heterocycles. The number of hydrogen-bond donors (Lipinski definition) is 1. The second-order valence-corrected chi connectivity index (χ2v) is 11.2. The monoisotopic (exact) mass is 557 g/mol. The fourth-order valence-electron chi connectivity index (χ4n) is 6.66. The topological polar surface area (TPSA) is 101 Å². The summed E-state index contributed by atoms with van der Waals surface area (Å²) in [6.45, 7) is 3.53. The Morgan fingerprint density at radius 1 is 1.00 bits per heavy atom. The van der Waals surface area contributed by atoms with Crippen molar-refractivity contribution in [3.8, 4) is 5.75 Å². The highest BCUT2D eigenvalue weighted by Crippen LogP contribution is 2.55. The predicted molar refractivity (Wildman–Crippen MR) is 149 cm³/mol. The maximum absolute atomic E-state index is 14.0. The molecule has 1 N–H and O–H groups in total. The number of Topliss-reactive ketones (excluding diaryl/α,β-unsaturated/α-hetero) is 1. The third-order valence-electron chi connectivity index (χ3n) is 8.55. The number of allylic oxidation sites excluding steroid dienone is 6. The van der Waals surface area contributed by atoms with Crippen LogP contribution in [0.5, 0.6) is 5.75 Å². The molecule has 6 rings (SSSR count). The second-order valence-electron chi connectivity index (χ2n) is 10.8. The summed E-state index contributed by atoms with van der Waals surface area (Å²) in [6, 6.07) is 12.4. The number of fused-ring (bicyclic) bond motifs is 3. The lowest BCUT2D eigenvalue weighted by atomic mass is 9.59. The molecular weight excluding hydrogens is 530 g/mol. The molecule has 0 aromatic heterocycles. The first-order valence-electron chi connectivity index (χ1n) is 13.4. The van der Waals surface area contributed by atoms with Gasteiger partial charge in [0.2, 0.25) is 11.8 Å². The maximum atomic E-state index is 14.0. The summed E-state index contributed by atoms with van der Waals surface area (Å²) in [5, 5.41) is 9.55. The van der Waals surface area contributed by atoms with Crippen LogP contribution in [0.25, 0.3) is 0 Å². The number of ketones is 2. The molecule has 0 saturated carbocycles. The summed E-state index contributed by atoms with van der Waals surface area (Å²) >= 11 is 6.34. The van der Waals surface area contributed by atoms with Crippen molar-refractivity contribution in [3.63, 3.8) is 0 Å². The standard InChI is InChI=1S/C32H28ClNO6/c1-16-3-6-19(14-25(16)33)34-31(38)22-10-9-21-23(28(22)32(34)39)15-24-29(26(36)13-17(2)30(24)37)27(21)18-4-7-20(8-5-18)40-12-11-35/h3-9,13-14,22-23,27-28,35H,10-12,15H2,1-2H3. The molecule has 0 spiro atoms. The minimum atomic E-state index is -0.648. The van der Waals surface area contributed by atoms with Gasteiger partial charge in [-0.2, -0.15) is 0 Å². The minimum absolute atomic E-state index is 0.112. The average Bonchev–Trinajstić information content (AvgIpc) is 3.21. The van der Waals surface area contributed by atoms with E-state index in [9.17, 15) is 19.2 Å². The van der Waals surface area contributed by atoms with Gasteiger partial charge in [0.25, 0.3) is 0 Å². The Kier molecular flexibility index (Phi) is 6.59. The van der Waals surface area contributed by atoms with E-state index in [1.54, 1.807) is 37.3 Å². The molecule has 7 nitrogen and oxygen atoms in total. The number of carbonyl (C=O) groups is 4. The van der Waals surface area contributed by atoms with Gasteiger partial charge in [-0.05, 0) is 74.1 Å². The van der Waals surface area contributed by atoms with Crippen molar-refractivity contribution < 1.29 is 29.0 Å². The number of benzene rings is 2. The van der Waals surface area contributed by atoms with Crippen LogP contribution in [-0.2, 0) is 19.2 Å². The fourth-order valence-corrected chi connectivity index (χ4v) is 6.83. The van der Waals surface area contributed by atoms with Gasteiger partial charge < -0.3 is 9.84 Å². The van der Waals surface area contributed by atoms with Gasteiger partial charge in [-0.15, -0.1) is 0 Å². The number of aliphatic hydroxyl groups excluding tert-OH is 1. The highest BCUT2D eigenvalue weighted by molar-refractivity contribution is 6.32. The molecule has 2 aromatic carbocycles. The molecule has 4 unspecified atom stereocenters. The molecule has 2 amide bonds. The predicted octanol–water partition coefficient (Wildman–Crippen LogP) is 4.65. The number of anilines is 1. The molecule has 1 fully saturated rings. The first-order valence-corrected chi connectivity index (χ1v) is 13.8. The van der Waals surface area contributed by atoms with Crippen LogP contribution in [-0.4, -0.2) is 41.7 Å². The molecule has 204 valence electrons.